The fraction of sp³-hybridized carbons (Fsp3) is 0.0645. The first-order valence-corrected chi connectivity index (χ1v) is 13.3. The zero-order valence-electron chi connectivity index (χ0n) is 21.2. The quantitative estimate of drug-likeness (QED) is 0.239. The lowest BCUT2D eigenvalue weighted by molar-refractivity contribution is -0.121. The maximum absolute atomic E-state index is 13.2. The molecule has 3 aromatic carbocycles. The number of carbonyl (C=O) groups excluding carboxylic acids is 4. The second-order valence-electron chi connectivity index (χ2n) is 8.86. The van der Waals surface area contributed by atoms with E-state index in [2.05, 4.69) is 15.6 Å². The van der Waals surface area contributed by atoms with Crippen LogP contribution in [0.25, 0.3) is 6.08 Å². The van der Waals surface area contributed by atoms with E-state index in [1.807, 2.05) is 6.07 Å². The molecule has 1 aliphatic rings. The van der Waals surface area contributed by atoms with Crippen LogP contribution in [0.3, 0.4) is 0 Å². The SMILES string of the molecule is O=C(Nc1ccc(SC2CC(=O)N(c3ccccc3)C2=O)cc1)/C(=C/c1cccnc1)NC(=O)c1ccccc1. The summed E-state index contributed by atoms with van der Waals surface area (Å²) in [5.74, 6) is -1.41. The van der Waals surface area contributed by atoms with Crippen molar-refractivity contribution in [1.29, 1.82) is 0 Å². The number of anilines is 2. The molecule has 2 N–H and O–H groups in total. The van der Waals surface area contributed by atoms with Crippen LogP contribution in [0.4, 0.5) is 11.4 Å². The van der Waals surface area contributed by atoms with Gasteiger partial charge in [-0.15, -0.1) is 11.8 Å². The van der Waals surface area contributed by atoms with Crippen LogP contribution in [0.2, 0.25) is 0 Å². The minimum atomic E-state index is -0.532. The standard InChI is InChI=1S/C31H24N4O4S/c36-28-19-27(31(39)35(28)24-11-5-2-6-12-24)40-25-15-13-23(14-16-25)33-30(38)26(18-21-8-7-17-32-20-21)34-29(37)22-9-3-1-4-10-22/h1-18,20,27H,19H2,(H,33,38)(H,34,37)/b26-18-. The van der Waals surface area contributed by atoms with Gasteiger partial charge in [-0.25, -0.2) is 4.90 Å². The van der Waals surface area contributed by atoms with Gasteiger partial charge >= 0.3 is 0 Å². The van der Waals surface area contributed by atoms with Gasteiger partial charge in [0.1, 0.15) is 5.70 Å². The fourth-order valence-corrected chi connectivity index (χ4v) is 5.15. The molecule has 2 heterocycles. The molecule has 0 spiro atoms. The Balaban J connectivity index is 1.27. The Morgan fingerprint density at radius 3 is 2.25 bits per heavy atom. The van der Waals surface area contributed by atoms with E-state index in [0.29, 0.717) is 22.5 Å². The number of para-hydroxylation sites is 1. The van der Waals surface area contributed by atoms with Crippen molar-refractivity contribution in [2.45, 2.75) is 16.6 Å². The molecule has 8 nitrogen and oxygen atoms in total. The molecule has 1 fully saturated rings. The number of carbonyl (C=O) groups is 4. The van der Waals surface area contributed by atoms with Crippen LogP contribution in [0.15, 0.2) is 120 Å². The van der Waals surface area contributed by atoms with Crippen molar-refractivity contribution in [3.8, 4) is 0 Å². The molecule has 1 aliphatic heterocycles. The Kier molecular flexibility index (Phi) is 8.13. The molecule has 1 saturated heterocycles. The van der Waals surface area contributed by atoms with Gasteiger partial charge in [0.2, 0.25) is 11.8 Å². The molecule has 1 atom stereocenters. The summed E-state index contributed by atoms with van der Waals surface area (Å²) in [6.07, 6.45) is 4.87. The van der Waals surface area contributed by atoms with E-state index >= 15 is 0 Å². The molecule has 4 amide bonds. The number of nitrogens with one attached hydrogen (secondary N) is 2. The van der Waals surface area contributed by atoms with Crippen molar-refractivity contribution in [3.05, 3.63) is 126 Å². The number of thioether (sulfide) groups is 1. The third-order valence-corrected chi connectivity index (χ3v) is 7.23. The van der Waals surface area contributed by atoms with E-state index in [1.54, 1.807) is 109 Å². The molecular formula is C31H24N4O4S. The number of benzene rings is 3. The van der Waals surface area contributed by atoms with Gasteiger partial charge in [-0.05, 0) is 66.2 Å². The highest BCUT2D eigenvalue weighted by Gasteiger charge is 2.40. The predicted octanol–water partition coefficient (Wildman–Crippen LogP) is 4.92. The lowest BCUT2D eigenvalue weighted by Gasteiger charge is -2.15. The smallest absolute Gasteiger partial charge is 0.272 e. The molecule has 0 aliphatic carbocycles. The monoisotopic (exact) mass is 548 g/mol. The van der Waals surface area contributed by atoms with Crippen LogP contribution in [-0.4, -0.2) is 33.9 Å². The number of rotatable bonds is 8. The van der Waals surface area contributed by atoms with E-state index in [-0.39, 0.29) is 23.9 Å². The molecule has 0 radical (unpaired) electrons. The summed E-state index contributed by atoms with van der Waals surface area (Å²) < 4.78 is 0. The van der Waals surface area contributed by atoms with Crippen molar-refractivity contribution in [2.24, 2.45) is 0 Å². The van der Waals surface area contributed by atoms with Crippen LogP contribution in [-0.2, 0) is 14.4 Å². The first-order chi connectivity index (χ1) is 19.5. The van der Waals surface area contributed by atoms with E-state index in [9.17, 15) is 19.2 Å². The Bertz CT molecular complexity index is 1560. The Hall–Kier alpha value is -5.02. The van der Waals surface area contributed by atoms with Crippen molar-refractivity contribution >= 4 is 52.8 Å². The number of amides is 4. The fourth-order valence-electron chi connectivity index (χ4n) is 4.09. The molecule has 198 valence electrons. The molecule has 9 heteroatoms. The van der Waals surface area contributed by atoms with Gasteiger partial charge in [0.15, 0.2) is 0 Å². The molecular weight excluding hydrogens is 524 g/mol. The summed E-state index contributed by atoms with van der Waals surface area (Å²) in [4.78, 5) is 57.5. The number of aromatic nitrogens is 1. The largest absolute Gasteiger partial charge is 0.321 e. The first kappa shape index (κ1) is 26.6. The van der Waals surface area contributed by atoms with Gasteiger partial charge in [-0.2, -0.15) is 0 Å². The van der Waals surface area contributed by atoms with Gasteiger partial charge in [0.25, 0.3) is 11.8 Å². The van der Waals surface area contributed by atoms with E-state index in [1.165, 1.54) is 16.7 Å². The third-order valence-electron chi connectivity index (χ3n) is 6.03. The maximum Gasteiger partial charge on any atom is 0.272 e. The normalized spacial score (nSPS) is 15.2. The topological polar surface area (TPSA) is 108 Å². The first-order valence-electron chi connectivity index (χ1n) is 12.5. The molecule has 1 aromatic heterocycles. The van der Waals surface area contributed by atoms with E-state index in [0.717, 1.165) is 4.90 Å². The second-order valence-corrected chi connectivity index (χ2v) is 10.1. The van der Waals surface area contributed by atoms with Crippen LogP contribution in [0, 0.1) is 0 Å². The van der Waals surface area contributed by atoms with Gasteiger partial charge in [-0.3, -0.25) is 24.2 Å². The lowest BCUT2D eigenvalue weighted by atomic mass is 10.2. The minimum absolute atomic E-state index is 0.0522. The highest BCUT2D eigenvalue weighted by atomic mass is 32.2. The Morgan fingerprint density at radius 2 is 1.57 bits per heavy atom. The Labute approximate surface area is 235 Å². The summed E-state index contributed by atoms with van der Waals surface area (Å²) >= 11 is 1.30. The van der Waals surface area contributed by atoms with Crippen LogP contribution in [0.5, 0.6) is 0 Å². The zero-order valence-corrected chi connectivity index (χ0v) is 22.0. The summed E-state index contributed by atoms with van der Waals surface area (Å²) in [5, 5.41) is 4.96. The number of pyridine rings is 1. The van der Waals surface area contributed by atoms with E-state index < -0.39 is 17.1 Å². The van der Waals surface area contributed by atoms with Gasteiger partial charge in [0, 0.05) is 35.0 Å². The average molecular weight is 549 g/mol. The van der Waals surface area contributed by atoms with Crippen LogP contribution < -0.4 is 15.5 Å². The van der Waals surface area contributed by atoms with Gasteiger partial charge in [-0.1, -0.05) is 42.5 Å². The van der Waals surface area contributed by atoms with Crippen molar-refractivity contribution in [3.63, 3.8) is 0 Å². The highest BCUT2D eigenvalue weighted by molar-refractivity contribution is 8.00. The number of hydrogen-bond donors (Lipinski definition) is 2. The van der Waals surface area contributed by atoms with Crippen LogP contribution in [0.1, 0.15) is 22.3 Å². The third kappa shape index (κ3) is 6.33. The number of hydrogen-bond acceptors (Lipinski definition) is 6. The lowest BCUT2D eigenvalue weighted by Crippen LogP contribution is -2.31. The summed E-state index contributed by atoms with van der Waals surface area (Å²) in [5.41, 5.74) is 2.18. The minimum Gasteiger partial charge on any atom is -0.321 e. The number of imide groups is 1. The predicted molar refractivity (Wildman–Crippen MR) is 154 cm³/mol. The average Bonchev–Trinajstić information content (AvgIpc) is 3.27. The maximum atomic E-state index is 13.2. The number of nitrogens with zero attached hydrogens (tertiary/aromatic N) is 2. The highest BCUT2D eigenvalue weighted by Crippen LogP contribution is 2.34. The molecule has 5 rings (SSSR count). The summed E-state index contributed by atoms with van der Waals surface area (Å²) in [7, 11) is 0. The molecule has 40 heavy (non-hydrogen) atoms. The second kappa shape index (κ2) is 12.2. The van der Waals surface area contributed by atoms with Crippen LogP contribution >= 0.6 is 11.8 Å². The van der Waals surface area contributed by atoms with Gasteiger partial charge < -0.3 is 10.6 Å². The summed E-state index contributed by atoms with van der Waals surface area (Å²) in [6, 6.07) is 27.9. The zero-order chi connectivity index (χ0) is 27.9. The van der Waals surface area contributed by atoms with Crippen molar-refractivity contribution < 1.29 is 19.2 Å². The summed E-state index contributed by atoms with van der Waals surface area (Å²) in [6.45, 7) is 0. The molecule has 1 unspecified atom stereocenters. The Morgan fingerprint density at radius 1 is 0.875 bits per heavy atom. The van der Waals surface area contributed by atoms with E-state index in [4.69, 9.17) is 0 Å². The van der Waals surface area contributed by atoms with Crippen molar-refractivity contribution in [2.75, 3.05) is 10.2 Å². The molecule has 0 saturated carbocycles. The van der Waals surface area contributed by atoms with Crippen molar-refractivity contribution in [1.82, 2.24) is 10.3 Å². The molecule has 0 bridgehead atoms. The molecule has 4 aromatic rings. The van der Waals surface area contributed by atoms with Gasteiger partial charge in [0.05, 0.1) is 10.9 Å².